The van der Waals surface area contributed by atoms with Gasteiger partial charge in [0.2, 0.25) is 0 Å². The molecule has 0 saturated heterocycles. The zero-order valence-corrected chi connectivity index (χ0v) is 17.0. The lowest BCUT2D eigenvalue weighted by Gasteiger charge is -2.16. The lowest BCUT2D eigenvalue weighted by atomic mass is 10.1. The minimum Gasteiger partial charge on any atom is -0.481 e. The summed E-state index contributed by atoms with van der Waals surface area (Å²) in [5.74, 6) is -0.895. The van der Waals surface area contributed by atoms with Crippen LogP contribution in [0.1, 0.15) is 16.7 Å². The number of hydrogen-bond acceptors (Lipinski definition) is 3. The molecule has 0 unspecified atom stereocenters. The van der Waals surface area contributed by atoms with Gasteiger partial charge in [-0.05, 0) is 47.5 Å². The summed E-state index contributed by atoms with van der Waals surface area (Å²) < 4.78 is 46.3. The summed E-state index contributed by atoms with van der Waals surface area (Å²) in [5.41, 5.74) is 0.412. The molecule has 0 aromatic heterocycles. The molecule has 30 heavy (non-hydrogen) atoms. The van der Waals surface area contributed by atoms with Gasteiger partial charge in [0.05, 0.1) is 12.0 Å². The third-order valence-corrected chi connectivity index (χ3v) is 5.30. The van der Waals surface area contributed by atoms with E-state index in [9.17, 15) is 18.0 Å². The summed E-state index contributed by atoms with van der Waals surface area (Å²) in [5, 5.41) is 9.09. The van der Waals surface area contributed by atoms with Gasteiger partial charge in [0, 0.05) is 15.7 Å². The molecule has 0 aliphatic rings. The number of aliphatic carboxylic acids is 1. The predicted octanol–water partition coefficient (Wildman–Crippen LogP) is 7.07. The molecule has 156 valence electrons. The third-order valence-electron chi connectivity index (χ3n) is 4.02. The predicted molar refractivity (Wildman–Crippen MR) is 110 cm³/mol. The van der Waals surface area contributed by atoms with Gasteiger partial charge in [0.25, 0.3) is 0 Å². The summed E-state index contributed by atoms with van der Waals surface area (Å²) in [6.07, 6.45) is -4.95. The van der Waals surface area contributed by atoms with Crippen molar-refractivity contribution >= 4 is 29.3 Å². The second-order valence-corrected chi connectivity index (χ2v) is 7.88. The van der Waals surface area contributed by atoms with E-state index in [1.807, 2.05) is 30.3 Å². The van der Waals surface area contributed by atoms with E-state index in [4.69, 9.17) is 21.4 Å². The number of rotatable bonds is 7. The van der Waals surface area contributed by atoms with Crippen LogP contribution in [0.2, 0.25) is 5.02 Å². The van der Waals surface area contributed by atoms with Crippen LogP contribution in [-0.2, 0) is 23.1 Å². The van der Waals surface area contributed by atoms with Crippen LogP contribution in [0.5, 0.6) is 11.5 Å². The van der Waals surface area contributed by atoms with Crippen LogP contribution in [0.25, 0.3) is 0 Å². The molecule has 8 heteroatoms. The number of carboxylic acid groups (broad SMARTS) is 1. The monoisotopic (exact) mass is 452 g/mol. The maximum absolute atomic E-state index is 13.6. The van der Waals surface area contributed by atoms with Crippen LogP contribution in [0.15, 0.2) is 71.6 Å². The molecule has 0 aliphatic carbocycles. The summed E-state index contributed by atoms with van der Waals surface area (Å²) in [6, 6.07) is 17.4. The fourth-order valence-corrected chi connectivity index (χ4v) is 3.87. The number of carboxylic acids is 1. The molecule has 0 aliphatic heterocycles. The first-order valence-corrected chi connectivity index (χ1v) is 10.1. The van der Waals surface area contributed by atoms with E-state index in [0.717, 1.165) is 11.6 Å². The van der Waals surface area contributed by atoms with Gasteiger partial charge in [-0.15, -0.1) is 11.8 Å². The number of benzene rings is 3. The molecule has 0 heterocycles. The second-order valence-electron chi connectivity index (χ2n) is 6.40. The van der Waals surface area contributed by atoms with Crippen molar-refractivity contribution in [3.05, 3.63) is 88.4 Å². The molecule has 0 fully saturated rings. The van der Waals surface area contributed by atoms with E-state index in [1.54, 1.807) is 6.07 Å². The van der Waals surface area contributed by atoms with Gasteiger partial charge in [-0.2, -0.15) is 13.2 Å². The summed E-state index contributed by atoms with van der Waals surface area (Å²) in [7, 11) is 0. The molecule has 3 aromatic carbocycles. The Morgan fingerprint density at radius 1 is 1.00 bits per heavy atom. The van der Waals surface area contributed by atoms with Crippen LogP contribution in [-0.4, -0.2) is 11.1 Å². The first-order chi connectivity index (χ1) is 14.2. The highest BCUT2D eigenvalue weighted by atomic mass is 35.5. The molecule has 3 aromatic rings. The van der Waals surface area contributed by atoms with Gasteiger partial charge in [-0.3, -0.25) is 4.79 Å². The Morgan fingerprint density at radius 2 is 1.73 bits per heavy atom. The lowest BCUT2D eigenvalue weighted by Crippen LogP contribution is -2.07. The Labute approximate surface area is 180 Å². The van der Waals surface area contributed by atoms with Crippen molar-refractivity contribution in [3.8, 4) is 11.5 Å². The van der Waals surface area contributed by atoms with E-state index in [1.165, 1.54) is 36.0 Å². The quantitative estimate of drug-likeness (QED) is 0.389. The number of hydrogen-bond donors (Lipinski definition) is 1. The molecule has 3 rings (SSSR count). The molecule has 0 spiro atoms. The van der Waals surface area contributed by atoms with Gasteiger partial charge in [0.15, 0.2) is 0 Å². The first kappa shape index (κ1) is 22.1. The Kier molecular flexibility index (Phi) is 6.95. The zero-order valence-electron chi connectivity index (χ0n) is 15.4. The maximum Gasteiger partial charge on any atom is 0.420 e. The molecule has 0 atom stereocenters. The van der Waals surface area contributed by atoms with Crippen LogP contribution in [0.4, 0.5) is 13.2 Å². The molecule has 1 N–H and O–H groups in total. The number of carbonyl (C=O) groups is 1. The first-order valence-electron chi connectivity index (χ1n) is 8.78. The molecule has 0 radical (unpaired) electrons. The topological polar surface area (TPSA) is 46.5 Å². The van der Waals surface area contributed by atoms with Crippen LogP contribution < -0.4 is 4.74 Å². The molecular weight excluding hydrogens is 437 g/mol. The Balaban J connectivity index is 1.86. The fraction of sp³-hybridized carbons (Fsp3) is 0.136. The molecule has 3 nitrogen and oxygen atoms in total. The minimum absolute atomic E-state index is 0.0361. The highest BCUT2D eigenvalue weighted by Gasteiger charge is 2.35. The van der Waals surface area contributed by atoms with Crippen molar-refractivity contribution in [2.24, 2.45) is 0 Å². The average molecular weight is 453 g/mol. The van der Waals surface area contributed by atoms with E-state index >= 15 is 0 Å². The highest BCUT2D eigenvalue weighted by molar-refractivity contribution is 7.98. The number of ether oxygens (including phenoxy) is 1. The lowest BCUT2D eigenvalue weighted by molar-refractivity contribution is -0.139. The Morgan fingerprint density at radius 3 is 2.40 bits per heavy atom. The van der Waals surface area contributed by atoms with Gasteiger partial charge >= 0.3 is 12.1 Å². The highest BCUT2D eigenvalue weighted by Crippen LogP contribution is 2.41. The molecule has 0 saturated carbocycles. The second kappa shape index (κ2) is 9.45. The van der Waals surface area contributed by atoms with Gasteiger partial charge in [-0.25, -0.2) is 0 Å². The fourth-order valence-electron chi connectivity index (χ4n) is 2.73. The van der Waals surface area contributed by atoms with Crippen molar-refractivity contribution in [3.63, 3.8) is 0 Å². The number of halogens is 4. The summed E-state index contributed by atoms with van der Waals surface area (Å²) in [6.45, 7) is 0. The number of alkyl halides is 3. The van der Waals surface area contributed by atoms with Gasteiger partial charge in [0.1, 0.15) is 11.5 Å². The molecular formula is C22H16ClF3O3S. The van der Waals surface area contributed by atoms with Gasteiger partial charge in [-0.1, -0.05) is 41.9 Å². The molecule has 0 bridgehead atoms. The van der Waals surface area contributed by atoms with Crippen molar-refractivity contribution in [1.82, 2.24) is 0 Å². The van der Waals surface area contributed by atoms with Crippen LogP contribution in [0.3, 0.4) is 0 Å². The molecule has 0 amide bonds. The zero-order chi connectivity index (χ0) is 21.7. The van der Waals surface area contributed by atoms with Crippen molar-refractivity contribution in [2.45, 2.75) is 23.2 Å². The van der Waals surface area contributed by atoms with E-state index in [2.05, 4.69) is 0 Å². The maximum atomic E-state index is 13.6. The van der Waals surface area contributed by atoms with Crippen LogP contribution in [0, 0.1) is 0 Å². The average Bonchev–Trinajstić information content (AvgIpc) is 2.66. The van der Waals surface area contributed by atoms with Crippen molar-refractivity contribution < 1.29 is 27.8 Å². The summed E-state index contributed by atoms with van der Waals surface area (Å²) >= 11 is 7.24. The Bertz CT molecular complexity index is 1040. The number of thioether (sulfide) groups is 1. The van der Waals surface area contributed by atoms with E-state index in [0.29, 0.717) is 16.2 Å². The standard InChI is InChI=1S/C22H16ClF3O3S/c23-16-8-15(10-21(27)28)9-17(11-16)29-20-7-6-18(12-19(20)22(24,25)26)30-13-14-4-2-1-3-5-14/h1-9,11-12H,10,13H2,(H,27,28). The smallest absolute Gasteiger partial charge is 0.420 e. The Hall–Kier alpha value is -2.64. The third kappa shape index (κ3) is 6.18. The van der Waals surface area contributed by atoms with Crippen molar-refractivity contribution in [2.75, 3.05) is 0 Å². The SMILES string of the molecule is O=C(O)Cc1cc(Cl)cc(Oc2ccc(SCc3ccccc3)cc2C(F)(F)F)c1. The normalized spacial score (nSPS) is 11.3. The van der Waals surface area contributed by atoms with E-state index < -0.39 is 17.7 Å². The van der Waals surface area contributed by atoms with Crippen LogP contribution >= 0.6 is 23.4 Å². The van der Waals surface area contributed by atoms with Crippen molar-refractivity contribution in [1.29, 1.82) is 0 Å². The van der Waals surface area contributed by atoms with Gasteiger partial charge < -0.3 is 9.84 Å². The van der Waals surface area contributed by atoms with E-state index in [-0.39, 0.29) is 22.9 Å². The minimum atomic E-state index is -4.62. The largest absolute Gasteiger partial charge is 0.481 e. The summed E-state index contributed by atoms with van der Waals surface area (Å²) in [4.78, 5) is 11.4.